The van der Waals surface area contributed by atoms with Crippen LogP contribution in [0.5, 0.6) is 0 Å². The molecule has 0 amide bonds. The highest BCUT2D eigenvalue weighted by Gasteiger charge is 2.30. The quantitative estimate of drug-likeness (QED) is 0.746. The number of rotatable bonds is 2. The topological polar surface area (TPSA) is 65.5 Å². The van der Waals surface area contributed by atoms with Crippen LogP contribution in [0, 0.1) is 5.82 Å². The van der Waals surface area contributed by atoms with E-state index in [0.29, 0.717) is 19.6 Å². The maximum absolute atomic E-state index is 13.5. The van der Waals surface area contributed by atoms with Crippen molar-refractivity contribution in [1.29, 1.82) is 0 Å². The fourth-order valence-corrected chi connectivity index (χ4v) is 1.77. The van der Waals surface area contributed by atoms with Gasteiger partial charge < -0.3 is 15.3 Å². The summed E-state index contributed by atoms with van der Waals surface area (Å²) in [4.78, 5) is 16.4. The van der Waals surface area contributed by atoms with E-state index in [4.69, 9.17) is 5.11 Å². The summed E-state index contributed by atoms with van der Waals surface area (Å²) in [5.41, 5.74) is 0. The van der Waals surface area contributed by atoms with Crippen molar-refractivity contribution in [3.63, 3.8) is 0 Å². The predicted octanol–water partition coefficient (Wildman–Crippen LogP) is 0.0835. The minimum Gasteiger partial charge on any atom is -0.480 e. The lowest BCUT2D eigenvalue weighted by molar-refractivity contribution is -0.138. The van der Waals surface area contributed by atoms with Crippen molar-refractivity contribution >= 4 is 11.8 Å². The summed E-state index contributed by atoms with van der Waals surface area (Å²) in [6.45, 7) is 1.36. The van der Waals surface area contributed by atoms with Crippen LogP contribution in [0.3, 0.4) is 0 Å². The monoisotopic (exact) mass is 225 g/mol. The molecule has 86 valence electrons. The van der Waals surface area contributed by atoms with Crippen LogP contribution in [0.1, 0.15) is 0 Å². The zero-order valence-electron chi connectivity index (χ0n) is 8.56. The first-order valence-corrected chi connectivity index (χ1v) is 5.01. The van der Waals surface area contributed by atoms with E-state index in [1.165, 1.54) is 23.2 Å². The standard InChI is InChI=1S/C10H12FN3O2/c11-7-2-1-3-13-9(7)14-5-4-12-6-8(14)10(15)16/h1-3,8,12H,4-6H2,(H,15,16). The Morgan fingerprint density at radius 1 is 1.69 bits per heavy atom. The molecule has 1 aliphatic heterocycles. The molecule has 0 spiro atoms. The molecule has 1 aromatic rings. The van der Waals surface area contributed by atoms with Gasteiger partial charge in [-0.1, -0.05) is 0 Å². The van der Waals surface area contributed by atoms with Crippen LogP contribution in [0.2, 0.25) is 0 Å². The van der Waals surface area contributed by atoms with Crippen molar-refractivity contribution in [2.75, 3.05) is 24.5 Å². The lowest BCUT2D eigenvalue weighted by atomic mass is 10.2. The molecule has 0 aromatic carbocycles. The third-order valence-corrected chi connectivity index (χ3v) is 2.54. The van der Waals surface area contributed by atoms with Gasteiger partial charge in [-0.15, -0.1) is 0 Å². The van der Waals surface area contributed by atoms with Crippen LogP contribution in [-0.2, 0) is 4.79 Å². The summed E-state index contributed by atoms with van der Waals surface area (Å²) < 4.78 is 13.5. The molecule has 0 saturated carbocycles. The molecule has 0 radical (unpaired) electrons. The van der Waals surface area contributed by atoms with Crippen molar-refractivity contribution in [2.24, 2.45) is 0 Å². The van der Waals surface area contributed by atoms with Gasteiger partial charge in [0.2, 0.25) is 0 Å². The van der Waals surface area contributed by atoms with Crippen LogP contribution in [0.15, 0.2) is 18.3 Å². The fourth-order valence-electron chi connectivity index (χ4n) is 1.77. The highest BCUT2D eigenvalue weighted by atomic mass is 19.1. The molecule has 1 saturated heterocycles. The number of anilines is 1. The van der Waals surface area contributed by atoms with Gasteiger partial charge in [0.15, 0.2) is 11.6 Å². The smallest absolute Gasteiger partial charge is 0.327 e. The van der Waals surface area contributed by atoms with E-state index in [2.05, 4.69) is 10.3 Å². The zero-order valence-corrected chi connectivity index (χ0v) is 8.56. The second kappa shape index (κ2) is 4.44. The molecule has 5 nitrogen and oxygen atoms in total. The number of hydrogen-bond donors (Lipinski definition) is 2. The van der Waals surface area contributed by atoms with Crippen molar-refractivity contribution in [2.45, 2.75) is 6.04 Å². The number of carboxylic acid groups (broad SMARTS) is 1. The maximum Gasteiger partial charge on any atom is 0.327 e. The number of aliphatic carboxylic acids is 1. The number of aromatic nitrogens is 1. The Labute approximate surface area is 91.9 Å². The first kappa shape index (κ1) is 10.8. The first-order chi connectivity index (χ1) is 7.70. The molecule has 1 atom stereocenters. The molecule has 2 N–H and O–H groups in total. The number of nitrogens with one attached hydrogen (secondary N) is 1. The molecule has 1 aromatic heterocycles. The van der Waals surface area contributed by atoms with E-state index in [1.807, 2.05) is 0 Å². The van der Waals surface area contributed by atoms with Gasteiger partial charge in [0.05, 0.1) is 0 Å². The normalized spacial score (nSPS) is 20.8. The number of halogens is 1. The van der Waals surface area contributed by atoms with E-state index in [0.717, 1.165) is 0 Å². The van der Waals surface area contributed by atoms with Gasteiger partial charge in [-0.2, -0.15) is 0 Å². The molecule has 2 heterocycles. The van der Waals surface area contributed by atoms with Crippen molar-refractivity contribution in [1.82, 2.24) is 10.3 Å². The van der Waals surface area contributed by atoms with E-state index < -0.39 is 17.8 Å². The third-order valence-electron chi connectivity index (χ3n) is 2.54. The molecule has 16 heavy (non-hydrogen) atoms. The second-order valence-corrected chi connectivity index (χ2v) is 3.56. The molecule has 1 unspecified atom stereocenters. The van der Waals surface area contributed by atoms with Crippen LogP contribution in [0.4, 0.5) is 10.2 Å². The fraction of sp³-hybridized carbons (Fsp3) is 0.400. The van der Waals surface area contributed by atoms with E-state index >= 15 is 0 Å². The average molecular weight is 225 g/mol. The van der Waals surface area contributed by atoms with Gasteiger partial charge in [0.25, 0.3) is 0 Å². The summed E-state index contributed by atoms with van der Waals surface area (Å²) in [5.74, 6) is -1.36. The Kier molecular flexibility index (Phi) is 3.00. The molecular weight excluding hydrogens is 213 g/mol. The van der Waals surface area contributed by atoms with Crippen LogP contribution in [0.25, 0.3) is 0 Å². The first-order valence-electron chi connectivity index (χ1n) is 5.01. The number of nitrogens with zero attached hydrogens (tertiary/aromatic N) is 2. The SMILES string of the molecule is O=C(O)C1CNCCN1c1ncccc1F. The Morgan fingerprint density at radius 2 is 2.50 bits per heavy atom. The van der Waals surface area contributed by atoms with Gasteiger partial charge in [-0.05, 0) is 12.1 Å². The van der Waals surface area contributed by atoms with Crippen LogP contribution < -0.4 is 10.2 Å². The van der Waals surface area contributed by atoms with Gasteiger partial charge in [0, 0.05) is 25.8 Å². The van der Waals surface area contributed by atoms with Gasteiger partial charge >= 0.3 is 5.97 Å². The van der Waals surface area contributed by atoms with Crippen molar-refractivity contribution in [3.05, 3.63) is 24.1 Å². The summed E-state index contributed by atoms with van der Waals surface area (Å²) in [6, 6.07) is 2.00. The van der Waals surface area contributed by atoms with Gasteiger partial charge in [-0.25, -0.2) is 14.2 Å². The van der Waals surface area contributed by atoms with Crippen molar-refractivity contribution < 1.29 is 14.3 Å². The average Bonchev–Trinajstić information content (AvgIpc) is 2.29. The maximum atomic E-state index is 13.5. The lowest BCUT2D eigenvalue weighted by Gasteiger charge is -2.34. The molecular formula is C10H12FN3O2. The molecule has 1 fully saturated rings. The number of hydrogen-bond acceptors (Lipinski definition) is 4. The number of carboxylic acids is 1. The Morgan fingerprint density at radius 3 is 3.19 bits per heavy atom. The predicted molar refractivity (Wildman–Crippen MR) is 55.8 cm³/mol. The summed E-state index contributed by atoms with van der Waals surface area (Å²) in [7, 11) is 0. The summed E-state index contributed by atoms with van der Waals surface area (Å²) >= 11 is 0. The second-order valence-electron chi connectivity index (χ2n) is 3.56. The van der Waals surface area contributed by atoms with Gasteiger partial charge in [0.1, 0.15) is 6.04 Å². The minimum absolute atomic E-state index is 0.108. The molecule has 2 rings (SSSR count). The molecule has 0 aliphatic carbocycles. The summed E-state index contributed by atoms with van der Waals surface area (Å²) in [6.07, 6.45) is 1.46. The highest BCUT2D eigenvalue weighted by Crippen LogP contribution is 2.18. The largest absolute Gasteiger partial charge is 0.480 e. The molecule has 0 bridgehead atoms. The van der Waals surface area contributed by atoms with E-state index in [1.54, 1.807) is 0 Å². The highest BCUT2D eigenvalue weighted by molar-refractivity contribution is 5.78. The Balaban J connectivity index is 2.30. The number of piperazine rings is 1. The van der Waals surface area contributed by atoms with Crippen molar-refractivity contribution in [3.8, 4) is 0 Å². The Bertz CT molecular complexity index is 399. The van der Waals surface area contributed by atoms with Crippen LogP contribution in [-0.4, -0.2) is 41.7 Å². The van der Waals surface area contributed by atoms with Gasteiger partial charge in [-0.3, -0.25) is 0 Å². The van der Waals surface area contributed by atoms with E-state index in [-0.39, 0.29) is 5.82 Å². The minimum atomic E-state index is -0.975. The summed E-state index contributed by atoms with van der Waals surface area (Å²) in [5, 5.41) is 12.0. The lowest BCUT2D eigenvalue weighted by Crippen LogP contribution is -2.55. The number of carbonyl (C=O) groups is 1. The van der Waals surface area contributed by atoms with Crippen LogP contribution >= 0.6 is 0 Å². The Hall–Kier alpha value is -1.69. The number of pyridine rings is 1. The van der Waals surface area contributed by atoms with E-state index in [9.17, 15) is 9.18 Å². The zero-order chi connectivity index (χ0) is 11.5. The molecule has 6 heteroatoms. The molecule has 1 aliphatic rings. The third kappa shape index (κ3) is 1.96.